The molecular formula is C16H18N4O5S. The Morgan fingerprint density at radius 2 is 2.12 bits per heavy atom. The zero-order chi connectivity index (χ0) is 18.9. The molecule has 0 saturated carbocycles. The van der Waals surface area contributed by atoms with E-state index >= 15 is 0 Å². The molecule has 138 valence electrons. The number of amides is 1. The fourth-order valence-corrected chi connectivity index (χ4v) is 3.35. The number of rotatable bonds is 6. The summed E-state index contributed by atoms with van der Waals surface area (Å²) in [5.74, 6) is -0.581. The predicted octanol–water partition coefficient (Wildman–Crippen LogP) is 1.39. The molecule has 1 aromatic carbocycles. The summed E-state index contributed by atoms with van der Waals surface area (Å²) in [5, 5.41) is 13.0. The van der Waals surface area contributed by atoms with Crippen LogP contribution in [0.3, 0.4) is 0 Å². The van der Waals surface area contributed by atoms with Gasteiger partial charge in [0, 0.05) is 19.0 Å². The first-order chi connectivity index (χ1) is 12.2. The summed E-state index contributed by atoms with van der Waals surface area (Å²) in [7, 11) is -3.75. The average Bonchev–Trinajstić information content (AvgIpc) is 3.24. The first-order valence-electron chi connectivity index (χ1n) is 7.77. The quantitative estimate of drug-likeness (QED) is 0.490. The van der Waals surface area contributed by atoms with Crippen LogP contribution >= 0.6 is 0 Å². The number of carbonyl (C=O) groups excluding carboxylic acids is 1. The Hall–Kier alpha value is -2.72. The number of hydroxylamine groups is 1. The van der Waals surface area contributed by atoms with Gasteiger partial charge >= 0.3 is 0 Å². The van der Waals surface area contributed by atoms with Crippen molar-refractivity contribution in [2.45, 2.75) is 24.6 Å². The van der Waals surface area contributed by atoms with Crippen molar-refractivity contribution in [3.8, 4) is 11.5 Å². The predicted molar refractivity (Wildman–Crippen MR) is 93.0 cm³/mol. The molecule has 2 heterocycles. The van der Waals surface area contributed by atoms with Gasteiger partial charge in [-0.1, -0.05) is 12.1 Å². The average molecular weight is 378 g/mol. The van der Waals surface area contributed by atoms with Crippen LogP contribution < -0.4 is 5.48 Å². The van der Waals surface area contributed by atoms with Crippen LogP contribution in [0, 0.1) is 0 Å². The lowest BCUT2D eigenvalue weighted by Crippen LogP contribution is -2.49. The Morgan fingerprint density at radius 3 is 2.77 bits per heavy atom. The second-order valence-electron chi connectivity index (χ2n) is 6.17. The van der Waals surface area contributed by atoms with E-state index in [0.29, 0.717) is 17.0 Å². The van der Waals surface area contributed by atoms with Crippen molar-refractivity contribution < 1.29 is 22.8 Å². The second-order valence-corrected chi connectivity index (χ2v) is 8.62. The van der Waals surface area contributed by atoms with Gasteiger partial charge in [0.25, 0.3) is 5.91 Å². The van der Waals surface area contributed by atoms with Crippen LogP contribution in [0.1, 0.15) is 13.3 Å². The molecule has 3 rings (SSSR count). The number of hydrogen-bond donors (Lipinski definition) is 2. The Balaban J connectivity index is 1.81. The molecule has 1 amide bonds. The summed E-state index contributed by atoms with van der Waals surface area (Å²) in [4.78, 5) is 16.2. The maximum Gasteiger partial charge on any atom is 0.264 e. The Kier molecular flexibility index (Phi) is 4.55. The number of carbonyl (C=O) groups is 1. The number of hydrogen-bond acceptors (Lipinski definition) is 7. The van der Waals surface area contributed by atoms with E-state index in [1.54, 1.807) is 18.5 Å². The molecular weight excluding hydrogens is 360 g/mol. The van der Waals surface area contributed by atoms with Crippen LogP contribution in [-0.4, -0.2) is 45.3 Å². The van der Waals surface area contributed by atoms with Crippen molar-refractivity contribution in [3.63, 3.8) is 0 Å². The number of aromatic nitrogens is 3. The van der Waals surface area contributed by atoms with Gasteiger partial charge in [-0.25, -0.2) is 18.9 Å². The summed E-state index contributed by atoms with van der Waals surface area (Å²) < 4.78 is 29.3. The fraction of sp³-hybridized carbons (Fsp3) is 0.312. The third-order valence-corrected chi connectivity index (χ3v) is 6.42. The molecule has 0 spiro atoms. The minimum absolute atomic E-state index is 0.0626. The van der Waals surface area contributed by atoms with Gasteiger partial charge in [0.1, 0.15) is 5.52 Å². The van der Waals surface area contributed by atoms with E-state index in [2.05, 4.69) is 10.1 Å². The molecule has 0 aliphatic carbocycles. The lowest BCUT2D eigenvalue weighted by atomic mass is 10.1. The second kappa shape index (κ2) is 6.54. The van der Waals surface area contributed by atoms with Crippen LogP contribution in [0.2, 0.25) is 0 Å². The molecule has 2 N–H and O–H groups in total. The van der Waals surface area contributed by atoms with Gasteiger partial charge in [0.2, 0.25) is 5.89 Å². The maximum absolute atomic E-state index is 12.0. The third kappa shape index (κ3) is 3.20. The molecule has 3 aromatic rings. The zero-order valence-electron chi connectivity index (χ0n) is 14.2. The Bertz CT molecular complexity index is 1020. The van der Waals surface area contributed by atoms with E-state index < -0.39 is 20.5 Å². The minimum Gasteiger partial charge on any atom is -0.436 e. The first kappa shape index (κ1) is 18.1. The van der Waals surface area contributed by atoms with Gasteiger partial charge in [0.05, 0.1) is 11.8 Å². The van der Waals surface area contributed by atoms with Crippen molar-refractivity contribution in [1.29, 1.82) is 0 Å². The Morgan fingerprint density at radius 1 is 1.38 bits per heavy atom. The van der Waals surface area contributed by atoms with Gasteiger partial charge in [-0.05, 0) is 25.5 Å². The zero-order valence-corrected chi connectivity index (χ0v) is 15.0. The molecule has 2 aromatic heterocycles. The van der Waals surface area contributed by atoms with E-state index in [1.165, 1.54) is 17.1 Å². The summed E-state index contributed by atoms with van der Waals surface area (Å²) in [6, 6.07) is 7.34. The summed E-state index contributed by atoms with van der Waals surface area (Å²) in [6.45, 7) is 1.41. The molecule has 0 fully saturated rings. The van der Waals surface area contributed by atoms with Crippen molar-refractivity contribution in [1.82, 2.24) is 20.2 Å². The van der Waals surface area contributed by atoms with Gasteiger partial charge in [-0.3, -0.25) is 14.7 Å². The summed E-state index contributed by atoms with van der Waals surface area (Å²) in [5.41, 5.74) is 3.43. The van der Waals surface area contributed by atoms with E-state index in [4.69, 9.17) is 9.62 Å². The lowest BCUT2D eigenvalue weighted by molar-refractivity contribution is -0.131. The van der Waals surface area contributed by atoms with E-state index in [9.17, 15) is 13.2 Å². The topological polar surface area (TPSA) is 127 Å². The normalized spacial score (nSPS) is 14.3. The van der Waals surface area contributed by atoms with Crippen LogP contribution in [0.15, 0.2) is 41.1 Å². The number of aryl methyl sites for hydroxylation is 1. The number of sulfone groups is 1. The van der Waals surface area contributed by atoms with Crippen LogP contribution in [0.25, 0.3) is 22.6 Å². The van der Waals surface area contributed by atoms with Crippen molar-refractivity contribution in [3.05, 3.63) is 36.7 Å². The van der Waals surface area contributed by atoms with Crippen LogP contribution in [0.4, 0.5) is 0 Å². The molecule has 0 unspecified atom stereocenters. The summed E-state index contributed by atoms with van der Waals surface area (Å²) >= 11 is 0. The fourth-order valence-electron chi connectivity index (χ4n) is 2.51. The van der Waals surface area contributed by atoms with Gasteiger partial charge in [0.15, 0.2) is 20.2 Å². The third-order valence-electron chi connectivity index (χ3n) is 4.39. The highest BCUT2D eigenvalue weighted by Gasteiger charge is 2.43. The lowest BCUT2D eigenvalue weighted by Gasteiger charge is -2.24. The highest BCUT2D eigenvalue weighted by molar-refractivity contribution is 7.92. The molecule has 0 aliphatic heterocycles. The van der Waals surface area contributed by atoms with E-state index in [0.717, 1.165) is 11.8 Å². The Labute approximate surface area is 149 Å². The first-order valence-corrected chi connectivity index (χ1v) is 9.66. The standard InChI is InChI=1S/C16H18N4O5S/c1-16(15(21)19-22,26(2,23)24)7-8-20-10-11(9-17-20)14-18-12-5-3-4-6-13(12)25-14/h3-6,9-10,22H,7-8H2,1-2H3,(H,19,21)/t16-/m1/s1. The minimum atomic E-state index is -3.75. The number of benzene rings is 1. The molecule has 0 radical (unpaired) electrons. The van der Waals surface area contributed by atoms with E-state index in [1.807, 2.05) is 18.2 Å². The molecule has 9 nitrogen and oxygen atoms in total. The van der Waals surface area contributed by atoms with E-state index in [-0.39, 0.29) is 13.0 Å². The molecule has 1 atom stereocenters. The van der Waals surface area contributed by atoms with Gasteiger partial charge in [-0.2, -0.15) is 5.10 Å². The SMILES string of the molecule is C[C@@](CCn1cc(-c2nc3ccccc3o2)cn1)(C(=O)NO)S(C)(=O)=O. The molecule has 10 heteroatoms. The maximum atomic E-state index is 12.0. The van der Waals surface area contributed by atoms with Crippen molar-refractivity contribution >= 4 is 26.8 Å². The van der Waals surface area contributed by atoms with Crippen molar-refractivity contribution in [2.24, 2.45) is 0 Å². The largest absolute Gasteiger partial charge is 0.436 e. The van der Waals surface area contributed by atoms with Crippen LogP contribution in [-0.2, 0) is 21.2 Å². The highest BCUT2D eigenvalue weighted by atomic mass is 32.2. The smallest absolute Gasteiger partial charge is 0.264 e. The monoisotopic (exact) mass is 378 g/mol. The molecule has 26 heavy (non-hydrogen) atoms. The number of nitrogens with one attached hydrogen (secondary N) is 1. The van der Waals surface area contributed by atoms with Crippen molar-refractivity contribution in [2.75, 3.05) is 6.26 Å². The molecule has 0 aliphatic rings. The summed E-state index contributed by atoms with van der Waals surface area (Å²) in [6.07, 6.45) is 4.10. The number of fused-ring (bicyclic) bond motifs is 1. The van der Waals surface area contributed by atoms with Gasteiger partial charge < -0.3 is 4.42 Å². The molecule has 0 saturated heterocycles. The highest BCUT2D eigenvalue weighted by Crippen LogP contribution is 2.25. The number of para-hydroxylation sites is 2. The number of oxazole rings is 1. The number of nitrogens with zero attached hydrogens (tertiary/aromatic N) is 3. The van der Waals surface area contributed by atoms with Gasteiger partial charge in [-0.15, -0.1) is 0 Å². The molecule has 0 bridgehead atoms. The van der Waals surface area contributed by atoms with Crippen LogP contribution in [0.5, 0.6) is 0 Å².